The number of hydrogen-bond donors (Lipinski definition) is 0. The molecule has 2 aliphatic rings. The smallest absolute Gasteiger partial charge is 0.337 e. The quantitative estimate of drug-likeness (QED) is 0.332. The monoisotopic (exact) mass is 447 g/mol. The molecule has 0 unspecified atom stereocenters. The minimum absolute atomic E-state index is 0.302. The van der Waals surface area contributed by atoms with Crippen LogP contribution < -0.4 is 0 Å². The van der Waals surface area contributed by atoms with E-state index < -0.39 is 0 Å². The number of likely N-dealkylation sites (tertiary alicyclic amines) is 1. The van der Waals surface area contributed by atoms with Crippen molar-refractivity contribution in [2.75, 3.05) is 26.7 Å². The van der Waals surface area contributed by atoms with E-state index in [4.69, 9.17) is 4.74 Å². The highest BCUT2D eigenvalue weighted by molar-refractivity contribution is 5.95. The topological polar surface area (TPSA) is 29.5 Å². The van der Waals surface area contributed by atoms with E-state index in [1.54, 1.807) is 11.6 Å². The number of carbonyl (C=O) groups is 1. The van der Waals surface area contributed by atoms with E-state index in [-0.39, 0.29) is 5.97 Å². The fourth-order valence-electron chi connectivity index (χ4n) is 4.93. The summed E-state index contributed by atoms with van der Waals surface area (Å²) in [6.45, 7) is 2.99. The number of benzene rings is 3. The lowest BCUT2D eigenvalue weighted by Crippen LogP contribution is -2.31. The summed E-state index contributed by atoms with van der Waals surface area (Å²) in [5.74, 6) is -0.302. The van der Waals surface area contributed by atoms with Crippen molar-refractivity contribution >= 4 is 29.8 Å². The van der Waals surface area contributed by atoms with Gasteiger partial charge in [0.05, 0.1) is 12.7 Å². The number of esters is 1. The molecular formula is C31H29NO2. The fraction of sp³-hybridized carbons (Fsp3) is 0.194. The van der Waals surface area contributed by atoms with Crippen LogP contribution in [0.1, 0.15) is 51.0 Å². The molecule has 1 aliphatic heterocycles. The van der Waals surface area contributed by atoms with E-state index in [1.165, 1.54) is 34.9 Å². The van der Waals surface area contributed by atoms with Crippen LogP contribution >= 0.6 is 0 Å². The summed E-state index contributed by atoms with van der Waals surface area (Å²) in [5, 5.41) is 0. The highest BCUT2D eigenvalue weighted by atomic mass is 16.5. The normalized spacial score (nSPS) is 15.7. The third kappa shape index (κ3) is 4.66. The molecule has 3 nitrogen and oxygen atoms in total. The van der Waals surface area contributed by atoms with Crippen molar-refractivity contribution in [1.82, 2.24) is 4.90 Å². The number of nitrogens with zero attached hydrogens (tertiary/aromatic N) is 1. The van der Waals surface area contributed by atoms with E-state index in [2.05, 4.69) is 77.7 Å². The lowest BCUT2D eigenvalue weighted by molar-refractivity contribution is 0.0600. The molecule has 5 rings (SSSR count). The van der Waals surface area contributed by atoms with E-state index >= 15 is 0 Å². The average Bonchev–Trinajstić information content (AvgIpc) is 3.06. The molecule has 0 aromatic heterocycles. The average molecular weight is 448 g/mol. The number of piperidine rings is 1. The first-order valence-electron chi connectivity index (χ1n) is 11.9. The van der Waals surface area contributed by atoms with E-state index in [0.29, 0.717) is 5.56 Å². The second-order valence-electron chi connectivity index (χ2n) is 8.81. The Morgan fingerprint density at radius 1 is 0.882 bits per heavy atom. The van der Waals surface area contributed by atoms with Crippen molar-refractivity contribution in [3.63, 3.8) is 0 Å². The van der Waals surface area contributed by atoms with Gasteiger partial charge in [-0.2, -0.15) is 0 Å². The highest BCUT2D eigenvalue weighted by Gasteiger charge is 2.22. The Labute approximate surface area is 201 Å². The predicted molar refractivity (Wildman–Crippen MR) is 140 cm³/mol. The molecule has 1 fully saturated rings. The van der Waals surface area contributed by atoms with Crippen LogP contribution in [0.3, 0.4) is 0 Å². The summed E-state index contributed by atoms with van der Waals surface area (Å²) in [7, 11) is 1.41. The van der Waals surface area contributed by atoms with Crippen molar-refractivity contribution in [2.24, 2.45) is 0 Å². The highest BCUT2D eigenvalue weighted by Crippen LogP contribution is 2.38. The molecule has 0 N–H and O–H groups in total. The molecule has 1 aliphatic carbocycles. The zero-order valence-corrected chi connectivity index (χ0v) is 19.5. The second kappa shape index (κ2) is 10.1. The molecule has 170 valence electrons. The van der Waals surface area contributed by atoms with Gasteiger partial charge in [-0.15, -0.1) is 0 Å². The first kappa shape index (κ1) is 22.1. The van der Waals surface area contributed by atoms with E-state index in [1.807, 2.05) is 18.2 Å². The van der Waals surface area contributed by atoms with E-state index in [0.717, 1.165) is 38.0 Å². The molecule has 34 heavy (non-hydrogen) atoms. The van der Waals surface area contributed by atoms with Crippen LogP contribution in [0.2, 0.25) is 0 Å². The predicted octanol–water partition coefficient (Wildman–Crippen LogP) is 6.57. The third-order valence-corrected chi connectivity index (χ3v) is 6.70. The number of fused-ring (bicyclic) bond motifs is 2. The van der Waals surface area contributed by atoms with Gasteiger partial charge in [-0.3, -0.25) is 4.90 Å². The second-order valence-corrected chi connectivity index (χ2v) is 8.81. The van der Waals surface area contributed by atoms with Gasteiger partial charge in [-0.1, -0.05) is 90.5 Å². The maximum Gasteiger partial charge on any atom is 0.337 e. The lowest BCUT2D eigenvalue weighted by atomic mass is 9.86. The van der Waals surface area contributed by atoms with Crippen molar-refractivity contribution in [2.45, 2.75) is 12.8 Å². The zero-order valence-electron chi connectivity index (χ0n) is 19.5. The van der Waals surface area contributed by atoms with Crippen LogP contribution in [0, 0.1) is 0 Å². The van der Waals surface area contributed by atoms with Crippen LogP contribution in [0.5, 0.6) is 0 Å². The minimum Gasteiger partial charge on any atom is -0.465 e. The maximum atomic E-state index is 11.8. The summed E-state index contributed by atoms with van der Waals surface area (Å²) >= 11 is 0. The standard InChI is InChI=1S/C31H29NO2/c1-34-31(33)27-12-6-8-23(22-27)9-7-19-32-20-17-26(18-21-32)30-28-13-4-2-10-24(28)15-16-25-11-3-5-14-29(25)30/h2-16,22H,17-21H2,1H3. The molecule has 0 spiro atoms. The van der Waals surface area contributed by atoms with Crippen LogP contribution in [0.4, 0.5) is 0 Å². The van der Waals surface area contributed by atoms with Crippen molar-refractivity contribution in [3.8, 4) is 0 Å². The Morgan fingerprint density at radius 2 is 1.53 bits per heavy atom. The molecule has 0 saturated carbocycles. The summed E-state index contributed by atoms with van der Waals surface area (Å²) in [6.07, 6.45) is 10.9. The summed E-state index contributed by atoms with van der Waals surface area (Å²) in [5.41, 5.74) is 9.84. The number of methoxy groups -OCH3 is 1. The van der Waals surface area contributed by atoms with Crippen LogP contribution in [0.25, 0.3) is 23.8 Å². The van der Waals surface area contributed by atoms with Crippen LogP contribution in [0.15, 0.2) is 84.4 Å². The van der Waals surface area contributed by atoms with Crippen LogP contribution in [-0.2, 0) is 4.74 Å². The molecule has 3 aromatic rings. The molecular weight excluding hydrogens is 418 g/mol. The van der Waals surface area contributed by atoms with E-state index in [9.17, 15) is 4.79 Å². The Kier molecular flexibility index (Phi) is 6.55. The molecule has 0 amide bonds. The van der Waals surface area contributed by atoms with Crippen molar-refractivity contribution < 1.29 is 9.53 Å². The summed E-state index contributed by atoms with van der Waals surface area (Å²) in [4.78, 5) is 14.3. The van der Waals surface area contributed by atoms with Gasteiger partial charge in [-0.25, -0.2) is 4.79 Å². The van der Waals surface area contributed by atoms with Gasteiger partial charge in [0.25, 0.3) is 0 Å². The maximum absolute atomic E-state index is 11.8. The van der Waals surface area contributed by atoms with Gasteiger partial charge >= 0.3 is 5.97 Å². The number of ether oxygens (including phenoxy) is 1. The van der Waals surface area contributed by atoms with Gasteiger partial charge in [0.1, 0.15) is 0 Å². The molecule has 0 atom stereocenters. The largest absolute Gasteiger partial charge is 0.465 e. The van der Waals surface area contributed by atoms with Crippen molar-refractivity contribution in [3.05, 3.63) is 118 Å². The van der Waals surface area contributed by atoms with Gasteiger partial charge in [0.15, 0.2) is 0 Å². The Bertz CT molecular complexity index is 1240. The summed E-state index contributed by atoms with van der Waals surface area (Å²) in [6, 6.07) is 25.1. The van der Waals surface area contributed by atoms with Gasteiger partial charge in [-0.05, 0) is 58.4 Å². The molecule has 0 radical (unpaired) electrons. The molecule has 1 heterocycles. The van der Waals surface area contributed by atoms with Gasteiger partial charge < -0.3 is 4.74 Å². The SMILES string of the molecule is COC(=O)c1cccc(C=CCN2CCC(=C3c4ccccc4C=Cc4ccccc43)CC2)c1. The number of hydrogen-bond acceptors (Lipinski definition) is 3. The lowest BCUT2D eigenvalue weighted by Gasteiger charge is -2.29. The Hall–Kier alpha value is -3.69. The van der Waals surface area contributed by atoms with Gasteiger partial charge in [0, 0.05) is 19.6 Å². The molecule has 0 bridgehead atoms. The molecule has 3 aromatic carbocycles. The molecule has 1 saturated heterocycles. The number of carbonyl (C=O) groups excluding carboxylic acids is 1. The Morgan fingerprint density at radius 3 is 2.18 bits per heavy atom. The Balaban J connectivity index is 1.32. The third-order valence-electron chi connectivity index (χ3n) is 6.70. The first-order chi connectivity index (χ1) is 16.7. The minimum atomic E-state index is -0.302. The van der Waals surface area contributed by atoms with Gasteiger partial charge in [0.2, 0.25) is 0 Å². The van der Waals surface area contributed by atoms with Crippen molar-refractivity contribution in [1.29, 1.82) is 0 Å². The first-order valence-corrected chi connectivity index (χ1v) is 11.9. The summed E-state index contributed by atoms with van der Waals surface area (Å²) < 4.78 is 4.82. The molecule has 3 heteroatoms. The number of rotatable bonds is 4. The fourth-order valence-corrected chi connectivity index (χ4v) is 4.93. The zero-order chi connectivity index (χ0) is 23.3. The van der Waals surface area contributed by atoms with Crippen LogP contribution in [-0.4, -0.2) is 37.6 Å².